The Morgan fingerprint density at radius 1 is 1.03 bits per heavy atom. The number of aromatic nitrogens is 2. The second-order valence-corrected chi connectivity index (χ2v) is 9.50. The van der Waals surface area contributed by atoms with Gasteiger partial charge in [0.15, 0.2) is 0 Å². The number of rotatable bonds is 7. The lowest BCUT2D eigenvalue weighted by atomic mass is 10.1. The molecule has 1 aromatic carbocycles. The quantitative estimate of drug-likeness (QED) is 0.386. The van der Waals surface area contributed by atoms with Gasteiger partial charge in [-0.2, -0.15) is 0 Å². The lowest BCUT2D eigenvalue weighted by Crippen LogP contribution is -2.38. The van der Waals surface area contributed by atoms with Crippen LogP contribution in [0.2, 0.25) is 0 Å². The van der Waals surface area contributed by atoms with Gasteiger partial charge in [0.1, 0.15) is 18.2 Å². The van der Waals surface area contributed by atoms with Crippen LogP contribution in [0.5, 0.6) is 0 Å². The highest BCUT2D eigenvalue weighted by atomic mass is 32.1. The summed E-state index contributed by atoms with van der Waals surface area (Å²) in [6, 6.07) is 15.2. The van der Waals surface area contributed by atoms with E-state index >= 15 is 0 Å². The molecular formula is C23H22FN3OS2. The van der Waals surface area contributed by atoms with Crippen LogP contribution >= 0.6 is 22.7 Å². The van der Waals surface area contributed by atoms with Gasteiger partial charge in [0.2, 0.25) is 0 Å². The van der Waals surface area contributed by atoms with Crippen LogP contribution in [0.25, 0.3) is 11.3 Å². The minimum absolute atomic E-state index is 0.0748. The maximum Gasteiger partial charge on any atom is 0.135 e. The summed E-state index contributed by atoms with van der Waals surface area (Å²) in [5.74, 6) is 0.699. The van der Waals surface area contributed by atoms with Crippen LogP contribution in [0.15, 0.2) is 65.5 Å². The maximum absolute atomic E-state index is 13.3. The van der Waals surface area contributed by atoms with Crippen LogP contribution < -0.4 is 0 Å². The van der Waals surface area contributed by atoms with Gasteiger partial charge in [-0.25, -0.2) is 9.37 Å². The summed E-state index contributed by atoms with van der Waals surface area (Å²) < 4.78 is 21.7. The van der Waals surface area contributed by atoms with E-state index in [0.717, 1.165) is 43.3 Å². The third-order valence-electron chi connectivity index (χ3n) is 5.29. The lowest BCUT2D eigenvalue weighted by molar-refractivity contribution is -0.0203. The molecule has 4 aromatic rings. The van der Waals surface area contributed by atoms with Gasteiger partial charge in [0.05, 0.1) is 24.5 Å². The Bertz CT molecular complexity index is 1040. The van der Waals surface area contributed by atoms with E-state index in [0.29, 0.717) is 6.61 Å². The van der Waals surface area contributed by atoms with Crippen molar-refractivity contribution in [2.75, 3.05) is 6.54 Å². The minimum atomic E-state index is -0.226. The Balaban J connectivity index is 1.33. The monoisotopic (exact) mass is 439 g/mol. The first kappa shape index (κ1) is 19.6. The fourth-order valence-electron chi connectivity index (χ4n) is 3.86. The first-order valence-electron chi connectivity index (χ1n) is 9.93. The van der Waals surface area contributed by atoms with E-state index in [-0.39, 0.29) is 11.9 Å². The molecule has 0 N–H and O–H groups in total. The molecule has 0 bridgehead atoms. The Labute approximate surface area is 183 Å². The van der Waals surface area contributed by atoms with E-state index < -0.39 is 0 Å². The molecule has 1 aliphatic rings. The van der Waals surface area contributed by atoms with Crippen molar-refractivity contribution in [1.29, 1.82) is 0 Å². The van der Waals surface area contributed by atoms with Gasteiger partial charge in [-0.1, -0.05) is 12.1 Å². The van der Waals surface area contributed by atoms with Crippen molar-refractivity contribution in [3.05, 3.63) is 86.9 Å². The molecule has 4 nitrogen and oxygen atoms in total. The number of thiophene rings is 2. The number of fused-ring (bicyclic) bond motifs is 1. The average molecular weight is 440 g/mol. The first-order chi connectivity index (χ1) is 14.7. The highest BCUT2D eigenvalue weighted by Crippen LogP contribution is 2.26. The van der Waals surface area contributed by atoms with Gasteiger partial charge in [0.25, 0.3) is 0 Å². The molecule has 154 valence electrons. The number of nitrogens with zero attached hydrogens (tertiary/aromatic N) is 3. The Morgan fingerprint density at radius 2 is 1.73 bits per heavy atom. The van der Waals surface area contributed by atoms with E-state index in [9.17, 15) is 4.39 Å². The van der Waals surface area contributed by atoms with E-state index in [1.54, 1.807) is 22.7 Å². The third kappa shape index (κ3) is 4.39. The Kier molecular flexibility index (Phi) is 5.77. The molecule has 0 spiro atoms. The molecule has 3 aromatic heterocycles. The average Bonchev–Trinajstić information content (AvgIpc) is 3.51. The van der Waals surface area contributed by atoms with Crippen LogP contribution in [0.1, 0.15) is 15.6 Å². The van der Waals surface area contributed by atoms with Crippen molar-refractivity contribution in [3.8, 4) is 11.3 Å². The molecule has 1 aliphatic heterocycles. The third-order valence-corrected chi connectivity index (χ3v) is 7.02. The topological polar surface area (TPSA) is 30.3 Å². The molecule has 0 radical (unpaired) electrons. The van der Waals surface area contributed by atoms with Crippen molar-refractivity contribution < 1.29 is 9.13 Å². The molecule has 1 atom stereocenters. The minimum Gasteiger partial charge on any atom is -0.367 e. The molecule has 4 heterocycles. The van der Waals surface area contributed by atoms with Gasteiger partial charge in [-0.3, -0.25) is 4.90 Å². The summed E-state index contributed by atoms with van der Waals surface area (Å²) in [6.45, 7) is 3.91. The van der Waals surface area contributed by atoms with E-state index in [1.165, 1.54) is 21.9 Å². The van der Waals surface area contributed by atoms with Gasteiger partial charge in [-0.15, -0.1) is 22.7 Å². The standard InChI is InChI=1S/C23H22FN3OS2/c24-18-7-5-17(6-8-18)22-11-25-23-16-28-19(13-27(22)23)12-26(14-20-3-1-9-29-20)15-21-4-2-10-30-21/h1-11,19H,12-16H2. The number of ether oxygens (including phenoxy) is 1. The molecular weight excluding hydrogens is 417 g/mol. The fraction of sp³-hybridized carbons (Fsp3) is 0.261. The SMILES string of the molecule is Fc1ccc(-c2cnc3n2CC(CN(Cc2cccs2)Cc2cccs2)OC3)cc1. The first-order valence-corrected chi connectivity index (χ1v) is 11.7. The molecule has 0 fully saturated rings. The maximum atomic E-state index is 13.3. The second-order valence-electron chi connectivity index (χ2n) is 7.44. The van der Waals surface area contributed by atoms with E-state index in [2.05, 4.69) is 49.5 Å². The zero-order valence-corrected chi connectivity index (χ0v) is 18.0. The van der Waals surface area contributed by atoms with Crippen molar-refractivity contribution in [2.24, 2.45) is 0 Å². The molecule has 0 amide bonds. The van der Waals surface area contributed by atoms with Crippen molar-refractivity contribution in [1.82, 2.24) is 14.5 Å². The highest BCUT2D eigenvalue weighted by Gasteiger charge is 2.25. The number of hydrogen-bond donors (Lipinski definition) is 0. The molecule has 0 saturated carbocycles. The van der Waals surface area contributed by atoms with Crippen molar-refractivity contribution in [2.45, 2.75) is 32.3 Å². The molecule has 0 saturated heterocycles. The van der Waals surface area contributed by atoms with Crippen LogP contribution in [0, 0.1) is 5.82 Å². The predicted octanol–water partition coefficient (Wildman–Crippen LogP) is 5.41. The lowest BCUT2D eigenvalue weighted by Gasteiger charge is -2.31. The van der Waals surface area contributed by atoms with E-state index in [1.807, 2.05) is 18.3 Å². The van der Waals surface area contributed by atoms with Crippen LogP contribution in [0.3, 0.4) is 0 Å². The summed E-state index contributed by atoms with van der Waals surface area (Å²) in [7, 11) is 0. The zero-order chi connectivity index (χ0) is 20.3. The molecule has 0 aliphatic carbocycles. The summed E-state index contributed by atoms with van der Waals surface area (Å²) in [4.78, 5) is 9.70. The van der Waals surface area contributed by atoms with Gasteiger partial charge in [0, 0.05) is 29.4 Å². The van der Waals surface area contributed by atoms with Crippen LogP contribution in [-0.2, 0) is 31.0 Å². The highest BCUT2D eigenvalue weighted by molar-refractivity contribution is 7.10. The van der Waals surface area contributed by atoms with E-state index in [4.69, 9.17) is 4.74 Å². The summed E-state index contributed by atoms with van der Waals surface area (Å²) in [5.41, 5.74) is 1.99. The molecule has 1 unspecified atom stereocenters. The Morgan fingerprint density at radius 3 is 2.37 bits per heavy atom. The second kappa shape index (κ2) is 8.81. The fourth-order valence-corrected chi connectivity index (χ4v) is 5.35. The van der Waals surface area contributed by atoms with Gasteiger partial charge in [-0.05, 0) is 52.7 Å². The zero-order valence-electron chi connectivity index (χ0n) is 16.4. The number of benzene rings is 1. The smallest absolute Gasteiger partial charge is 0.135 e. The normalized spacial score (nSPS) is 16.1. The van der Waals surface area contributed by atoms with Crippen LogP contribution in [0.4, 0.5) is 4.39 Å². The largest absolute Gasteiger partial charge is 0.367 e. The summed E-state index contributed by atoms with van der Waals surface area (Å²) in [6.07, 6.45) is 1.94. The van der Waals surface area contributed by atoms with Crippen molar-refractivity contribution in [3.63, 3.8) is 0 Å². The number of hydrogen-bond acceptors (Lipinski definition) is 5. The number of imidazole rings is 1. The number of halogens is 1. The van der Waals surface area contributed by atoms with Crippen molar-refractivity contribution >= 4 is 22.7 Å². The van der Waals surface area contributed by atoms with Crippen LogP contribution in [-0.4, -0.2) is 27.1 Å². The molecule has 7 heteroatoms. The predicted molar refractivity (Wildman–Crippen MR) is 119 cm³/mol. The summed E-state index contributed by atoms with van der Waals surface area (Å²) in [5, 5.41) is 4.25. The molecule has 5 rings (SSSR count). The Hall–Kier alpha value is -2.32. The molecule has 30 heavy (non-hydrogen) atoms. The van der Waals surface area contributed by atoms with Gasteiger partial charge < -0.3 is 9.30 Å². The summed E-state index contributed by atoms with van der Waals surface area (Å²) >= 11 is 3.58. The van der Waals surface area contributed by atoms with Gasteiger partial charge >= 0.3 is 0 Å².